The van der Waals surface area contributed by atoms with Crippen LogP contribution in [0.1, 0.15) is 6.42 Å². The maximum atomic E-state index is 11.6. The van der Waals surface area contributed by atoms with Crippen molar-refractivity contribution < 1.29 is 13.5 Å². The number of halogens is 2. The van der Waals surface area contributed by atoms with Crippen LogP contribution >= 0.6 is 0 Å². The van der Waals surface area contributed by atoms with Gasteiger partial charge in [-0.25, -0.2) is 0 Å². The number of ether oxygens (including phenoxy) is 1. The molecular weight excluding hydrogens is 102 g/mol. The summed E-state index contributed by atoms with van der Waals surface area (Å²) in [5.41, 5.74) is 0. The fourth-order valence-corrected chi connectivity index (χ4v) is 0.102. The standard InChI is InChI=1S/C4H7F2O/c1-3-4(5,6)7-2/h1,3H2,2H3. The van der Waals surface area contributed by atoms with E-state index >= 15 is 0 Å². The molecular formula is C4H7F2O. The molecule has 1 nitrogen and oxygen atoms in total. The molecule has 0 aromatic heterocycles. The number of alkyl halides is 2. The molecule has 0 saturated carbocycles. The Kier molecular flexibility index (Phi) is 2.15. The van der Waals surface area contributed by atoms with Gasteiger partial charge in [0.2, 0.25) is 0 Å². The summed E-state index contributed by atoms with van der Waals surface area (Å²) in [6.07, 6.45) is -3.54. The quantitative estimate of drug-likeness (QED) is 0.521. The van der Waals surface area contributed by atoms with Gasteiger partial charge in [-0.3, -0.25) is 0 Å². The summed E-state index contributed by atoms with van der Waals surface area (Å²) in [4.78, 5) is 0. The minimum absolute atomic E-state index is 0.510. The second-order valence-corrected chi connectivity index (χ2v) is 1.09. The Bertz CT molecular complexity index is 47.7. The predicted octanol–water partition coefficient (Wildman–Crippen LogP) is 1.45. The lowest BCUT2D eigenvalue weighted by Crippen LogP contribution is -2.15. The molecule has 0 aliphatic rings. The molecule has 1 radical (unpaired) electrons. The topological polar surface area (TPSA) is 9.23 Å². The van der Waals surface area contributed by atoms with Crippen LogP contribution in [-0.2, 0) is 4.74 Å². The van der Waals surface area contributed by atoms with Gasteiger partial charge >= 0.3 is 6.11 Å². The van der Waals surface area contributed by atoms with Crippen LogP contribution in [-0.4, -0.2) is 13.2 Å². The van der Waals surface area contributed by atoms with E-state index in [2.05, 4.69) is 11.7 Å². The lowest BCUT2D eigenvalue weighted by Gasteiger charge is -2.08. The molecule has 3 heteroatoms. The minimum Gasteiger partial charge on any atom is -0.324 e. The molecule has 7 heavy (non-hydrogen) atoms. The Morgan fingerprint density at radius 3 is 2.14 bits per heavy atom. The van der Waals surface area contributed by atoms with E-state index in [1.807, 2.05) is 0 Å². The van der Waals surface area contributed by atoms with Gasteiger partial charge in [-0.05, 0) is 6.92 Å². The van der Waals surface area contributed by atoms with Crippen molar-refractivity contribution >= 4 is 0 Å². The Balaban J connectivity index is 3.36. The molecule has 0 bridgehead atoms. The van der Waals surface area contributed by atoms with Crippen molar-refractivity contribution in [3.8, 4) is 0 Å². The fourth-order valence-electron chi connectivity index (χ4n) is 0.102. The second-order valence-electron chi connectivity index (χ2n) is 1.09. The number of rotatable bonds is 2. The van der Waals surface area contributed by atoms with Crippen LogP contribution in [0.2, 0.25) is 0 Å². The first-order valence-corrected chi connectivity index (χ1v) is 1.84. The van der Waals surface area contributed by atoms with Gasteiger partial charge in [-0.15, -0.1) is 0 Å². The number of hydrogen-bond donors (Lipinski definition) is 0. The average Bonchev–Trinajstić information content (AvgIpc) is 1.68. The fraction of sp³-hybridized carbons (Fsp3) is 0.750. The van der Waals surface area contributed by atoms with E-state index in [-0.39, 0.29) is 0 Å². The van der Waals surface area contributed by atoms with Gasteiger partial charge in [0.1, 0.15) is 0 Å². The highest BCUT2D eigenvalue weighted by Gasteiger charge is 2.23. The third kappa shape index (κ3) is 2.51. The van der Waals surface area contributed by atoms with E-state index in [4.69, 9.17) is 0 Å². The summed E-state index contributed by atoms with van der Waals surface area (Å²) in [6, 6.07) is 0. The predicted molar refractivity (Wildman–Crippen MR) is 21.9 cm³/mol. The first-order valence-electron chi connectivity index (χ1n) is 1.84. The van der Waals surface area contributed by atoms with Crippen LogP contribution in [0.5, 0.6) is 0 Å². The van der Waals surface area contributed by atoms with Crippen LogP contribution in [0.3, 0.4) is 0 Å². The lowest BCUT2D eigenvalue weighted by molar-refractivity contribution is -0.218. The molecule has 0 atom stereocenters. The molecule has 0 saturated heterocycles. The molecule has 0 aliphatic heterocycles. The SMILES string of the molecule is [CH2]CC(F)(F)OC. The molecule has 43 valence electrons. The van der Waals surface area contributed by atoms with Crippen molar-refractivity contribution in [3.05, 3.63) is 6.92 Å². The third-order valence-electron chi connectivity index (χ3n) is 0.590. The van der Waals surface area contributed by atoms with Crippen LogP contribution in [0.15, 0.2) is 0 Å². The van der Waals surface area contributed by atoms with E-state index in [1.165, 1.54) is 0 Å². The van der Waals surface area contributed by atoms with Crippen molar-refractivity contribution in [1.29, 1.82) is 0 Å². The summed E-state index contributed by atoms with van der Waals surface area (Å²) in [5, 5.41) is 0. The molecule has 0 heterocycles. The maximum Gasteiger partial charge on any atom is 0.355 e. The molecule has 0 unspecified atom stereocenters. The van der Waals surface area contributed by atoms with Crippen molar-refractivity contribution in [3.63, 3.8) is 0 Å². The Hall–Kier alpha value is -0.180. The molecule has 0 amide bonds. The monoisotopic (exact) mass is 109 g/mol. The minimum atomic E-state index is -3.03. The van der Waals surface area contributed by atoms with Gasteiger partial charge in [-0.1, -0.05) is 0 Å². The smallest absolute Gasteiger partial charge is 0.324 e. The van der Waals surface area contributed by atoms with Crippen molar-refractivity contribution in [1.82, 2.24) is 0 Å². The first kappa shape index (κ1) is 6.82. The molecule has 0 spiro atoms. The summed E-state index contributed by atoms with van der Waals surface area (Å²) in [7, 11) is 0.950. The van der Waals surface area contributed by atoms with Gasteiger partial charge in [0.15, 0.2) is 0 Å². The zero-order valence-corrected chi connectivity index (χ0v) is 4.08. The normalized spacial score (nSPS) is 12.0. The van der Waals surface area contributed by atoms with E-state index in [9.17, 15) is 8.78 Å². The summed E-state index contributed by atoms with van der Waals surface area (Å²) in [5.74, 6) is 0. The van der Waals surface area contributed by atoms with Crippen molar-refractivity contribution in [2.45, 2.75) is 12.5 Å². The van der Waals surface area contributed by atoms with Crippen LogP contribution in [0.25, 0.3) is 0 Å². The molecule has 0 fully saturated rings. The van der Waals surface area contributed by atoms with Gasteiger partial charge < -0.3 is 4.74 Å². The second kappa shape index (κ2) is 2.21. The Morgan fingerprint density at radius 2 is 2.14 bits per heavy atom. The van der Waals surface area contributed by atoms with Gasteiger partial charge in [0.05, 0.1) is 0 Å². The third-order valence-corrected chi connectivity index (χ3v) is 0.590. The van der Waals surface area contributed by atoms with Gasteiger partial charge in [-0.2, -0.15) is 8.78 Å². The van der Waals surface area contributed by atoms with Gasteiger partial charge in [0, 0.05) is 13.5 Å². The highest BCUT2D eigenvalue weighted by Crippen LogP contribution is 2.16. The first-order chi connectivity index (χ1) is 3.12. The van der Waals surface area contributed by atoms with Crippen LogP contribution < -0.4 is 0 Å². The molecule has 0 N–H and O–H groups in total. The van der Waals surface area contributed by atoms with Crippen molar-refractivity contribution in [2.75, 3.05) is 7.11 Å². The van der Waals surface area contributed by atoms with E-state index in [1.54, 1.807) is 0 Å². The maximum absolute atomic E-state index is 11.6. The average molecular weight is 109 g/mol. The highest BCUT2D eigenvalue weighted by atomic mass is 19.3. The zero-order valence-electron chi connectivity index (χ0n) is 4.08. The number of hydrogen-bond acceptors (Lipinski definition) is 1. The Labute approximate surface area is 41.3 Å². The molecule has 0 rings (SSSR count). The van der Waals surface area contributed by atoms with Gasteiger partial charge in [0.25, 0.3) is 0 Å². The van der Waals surface area contributed by atoms with Crippen molar-refractivity contribution in [2.24, 2.45) is 0 Å². The Morgan fingerprint density at radius 1 is 1.71 bits per heavy atom. The largest absolute Gasteiger partial charge is 0.355 e. The lowest BCUT2D eigenvalue weighted by atomic mass is 10.5. The summed E-state index contributed by atoms with van der Waals surface area (Å²) < 4.78 is 26.9. The van der Waals surface area contributed by atoms with E-state index in [0.717, 1.165) is 7.11 Å². The van der Waals surface area contributed by atoms with E-state index < -0.39 is 12.5 Å². The van der Waals surface area contributed by atoms with Crippen LogP contribution in [0.4, 0.5) is 8.78 Å². The van der Waals surface area contributed by atoms with E-state index in [0.29, 0.717) is 0 Å². The molecule has 0 aliphatic carbocycles. The van der Waals surface area contributed by atoms with Crippen LogP contribution in [0, 0.1) is 6.92 Å². The summed E-state index contributed by atoms with van der Waals surface area (Å²) >= 11 is 0. The molecule has 0 aromatic rings. The molecule has 0 aromatic carbocycles. The number of methoxy groups -OCH3 is 1. The summed E-state index contributed by atoms with van der Waals surface area (Å²) in [6.45, 7) is 2.95. The zero-order chi connectivity index (χ0) is 5.91. The highest BCUT2D eigenvalue weighted by molar-refractivity contribution is 4.50.